The fourth-order valence-electron chi connectivity index (χ4n) is 3.37. The SMILES string of the molecule is CC(C)C1CCCN(C(CN)c2ccc(F)cc2F)CC1. The molecular weight excluding hydrogens is 270 g/mol. The Balaban J connectivity index is 2.13. The summed E-state index contributed by atoms with van der Waals surface area (Å²) in [6.45, 7) is 6.75. The van der Waals surface area contributed by atoms with Crippen LogP contribution in [0, 0.1) is 23.5 Å². The Labute approximate surface area is 126 Å². The molecule has 1 saturated heterocycles. The molecule has 2 nitrogen and oxygen atoms in total. The third-order valence-electron chi connectivity index (χ3n) is 4.74. The molecular formula is C17H26F2N2. The number of nitrogens with zero attached hydrogens (tertiary/aromatic N) is 1. The van der Waals surface area contributed by atoms with Gasteiger partial charge < -0.3 is 5.73 Å². The molecule has 2 N–H and O–H groups in total. The molecule has 1 aromatic carbocycles. The summed E-state index contributed by atoms with van der Waals surface area (Å²) in [5.41, 5.74) is 6.40. The molecule has 0 spiro atoms. The first-order valence-corrected chi connectivity index (χ1v) is 7.92. The van der Waals surface area contributed by atoms with Crippen LogP contribution < -0.4 is 5.73 Å². The summed E-state index contributed by atoms with van der Waals surface area (Å²) in [7, 11) is 0. The van der Waals surface area contributed by atoms with Crippen LogP contribution in [0.3, 0.4) is 0 Å². The minimum Gasteiger partial charge on any atom is -0.329 e. The van der Waals surface area contributed by atoms with Gasteiger partial charge in [0.1, 0.15) is 11.6 Å². The summed E-state index contributed by atoms with van der Waals surface area (Å²) in [4.78, 5) is 2.26. The van der Waals surface area contributed by atoms with Gasteiger partial charge in [-0.2, -0.15) is 0 Å². The molecule has 4 heteroatoms. The molecule has 118 valence electrons. The number of rotatable bonds is 4. The van der Waals surface area contributed by atoms with E-state index in [1.807, 2.05) is 0 Å². The highest BCUT2D eigenvalue weighted by atomic mass is 19.1. The van der Waals surface area contributed by atoms with E-state index in [1.54, 1.807) is 0 Å². The third kappa shape index (κ3) is 4.01. The lowest BCUT2D eigenvalue weighted by Gasteiger charge is -2.30. The van der Waals surface area contributed by atoms with Crippen molar-refractivity contribution in [3.05, 3.63) is 35.4 Å². The Morgan fingerprint density at radius 3 is 2.62 bits per heavy atom. The first-order chi connectivity index (χ1) is 10.0. The zero-order chi connectivity index (χ0) is 15.4. The van der Waals surface area contributed by atoms with E-state index in [-0.39, 0.29) is 6.04 Å². The highest BCUT2D eigenvalue weighted by Crippen LogP contribution is 2.30. The van der Waals surface area contributed by atoms with Gasteiger partial charge in [0.25, 0.3) is 0 Å². The Morgan fingerprint density at radius 1 is 1.24 bits per heavy atom. The van der Waals surface area contributed by atoms with Gasteiger partial charge in [-0.25, -0.2) is 8.78 Å². The van der Waals surface area contributed by atoms with Crippen molar-refractivity contribution < 1.29 is 8.78 Å². The van der Waals surface area contributed by atoms with Crippen molar-refractivity contribution in [1.29, 1.82) is 0 Å². The number of benzene rings is 1. The van der Waals surface area contributed by atoms with Crippen molar-refractivity contribution >= 4 is 0 Å². The van der Waals surface area contributed by atoms with E-state index in [1.165, 1.54) is 18.6 Å². The second-order valence-electron chi connectivity index (χ2n) is 6.39. The lowest BCUT2D eigenvalue weighted by Crippen LogP contribution is -2.35. The summed E-state index contributed by atoms with van der Waals surface area (Å²) in [6.07, 6.45) is 3.45. The van der Waals surface area contributed by atoms with Crippen LogP contribution in [-0.2, 0) is 0 Å². The Bertz CT molecular complexity index is 462. The van der Waals surface area contributed by atoms with Crippen LogP contribution in [0.25, 0.3) is 0 Å². The maximum Gasteiger partial charge on any atom is 0.130 e. The minimum absolute atomic E-state index is 0.156. The molecule has 1 aromatic rings. The van der Waals surface area contributed by atoms with E-state index in [4.69, 9.17) is 5.73 Å². The predicted octanol–water partition coefficient (Wildman–Crippen LogP) is 3.72. The van der Waals surface area contributed by atoms with Gasteiger partial charge in [0, 0.05) is 24.2 Å². The van der Waals surface area contributed by atoms with Crippen molar-refractivity contribution in [3.8, 4) is 0 Å². The van der Waals surface area contributed by atoms with Gasteiger partial charge in [-0.3, -0.25) is 4.90 Å². The van der Waals surface area contributed by atoms with Gasteiger partial charge in [0.05, 0.1) is 0 Å². The van der Waals surface area contributed by atoms with Gasteiger partial charge in [0.15, 0.2) is 0 Å². The monoisotopic (exact) mass is 296 g/mol. The highest BCUT2D eigenvalue weighted by molar-refractivity contribution is 5.22. The molecule has 0 amide bonds. The molecule has 1 fully saturated rings. The van der Waals surface area contributed by atoms with Crippen LogP contribution in [0.5, 0.6) is 0 Å². The molecule has 1 aliphatic heterocycles. The maximum atomic E-state index is 14.0. The van der Waals surface area contributed by atoms with Crippen molar-refractivity contribution in [2.24, 2.45) is 17.6 Å². The Morgan fingerprint density at radius 2 is 2.00 bits per heavy atom. The predicted molar refractivity (Wildman–Crippen MR) is 81.9 cm³/mol. The summed E-state index contributed by atoms with van der Waals surface area (Å²) >= 11 is 0. The molecule has 0 aromatic heterocycles. The zero-order valence-electron chi connectivity index (χ0n) is 13.0. The van der Waals surface area contributed by atoms with E-state index >= 15 is 0 Å². The van der Waals surface area contributed by atoms with Crippen LogP contribution in [0.2, 0.25) is 0 Å². The average Bonchev–Trinajstić information content (AvgIpc) is 2.68. The molecule has 2 unspecified atom stereocenters. The number of halogens is 2. The zero-order valence-corrected chi connectivity index (χ0v) is 13.0. The van der Waals surface area contributed by atoms with E-state index < -0.39 is 11.6 Å². The maximum absolute atomic E-state index is 14.0. The summed E-state index contributed by atoms with van der Waals surface area (Å²) < 4.78 is 27.1. The number of nitrogens with two attached hydrogens (primary N) is 1. The van der Waals surface area contributed by atoms with E-state index in [0.29, 0.717) is 18.0 Å². The van der Waals surface area contributed by atoms with E-state index in [0.717, 1.165) is 37.9 Å². The van der Waals surface area contributed by atoms with Gasteiger partial charge in [-0.05, 0) is 50.3 Å². The van der Waals surface area contributed by atoms with Crippen LogP contribution >= 0.6 is 0 Å². The van der Waals surface area contributed by atoms with Crippen LogP contribution in [0.15, 0.2) is 18.2 Å². The normalized spacial score (nSPS) is 22.3. The lowest BCUT2D eigenvalue weighted by molar-refractivity contribution is 0.200. The number of hydrogen-bond acceptors (Lipinski definition) is 2. The van der Waals surface area contributed by atoms with Crippen LogP contribution in [-0.4, -0.2) is 24.5 Å². The van der Waals surface area contributed by atoms with Gasteiger partial charge in [-0.15, -0.1) is 0 Å². The third-order valence-corrected chi connectivity index (χ3v) is 4.74. The first-order valence-electron chi connectivity index (χ1n) is 7.92. The van der Waals surface area contributed by atoms with Crippen LogP contribution in [0.1, 0.15) is 44.7 Å². The van der Waals surface area contributed by atoms with Crippen LogP contribution in [0.4, 0.5) is 8.78 Å². The highest BCUT2D eigenvalue weighted by Gasteiger charge is 2.26. The largest absolute Gasteiger partial charge is 0.329 e. The van der Waals surface area contributed by atoms with Crippen molar-refractivity contribution in [2.45, 2.75) is 39.2 Å². The number of likely N-dealkylation sites (tertiary alicyclic amines) is 1. The molecule has 1 heterocycles. The van der Waals surface area contributed by atoms with Gasteiger partial charge in [-0.1, -0.05) is 19.9 Å². The summed E-state index contributed by atoms with van der Waals surface area (Å²) in [6, 6.07) is 3.65. The van der Waals surface area contributed by atoms with Crippen molar-refractivity contribution in [2.75, 3.05) is 19.6 Å². The minimum atomic E-state index is -0.539. The Hall–Kier alpha value is -1.00. The molecule has 0 saturated carbocycles. The number of hydrogen-bond donors (Lipinski definition) is 1. The molecule has 1 aliphatic rings. The second kappa shape index (κ2) is 7.32. The Kier molecular flexibility index (Phi) is 5.71. The molecule has 2 rings (SSSR count). The summed E-state index contributed by atoms with van der Waals surface area (Å²) in [5.74, 6) is 0.383. The fraction of sp³-hybridized carbons (Fsp3) is 0.647. The standard InChI is InChI=1S/C17H26F2N2/c1-12(2)13-4-3-8-21(9-7-13)17(11-20)15-6-5-14(18)10-16(15)19/h5-6,10,12-13,17H,3-4,7-9,11,20H2,1-2H3. The fourth-order valence-corrected chi connectivity index (χ4v) is 3.37. The molecule has 21 heavy (non-hydrogen) atoms. The summed E-state index contributed by atoms with van der Waals surface area (Å²) in [5, 5.41) is 0. The quantitative estimate of drug-likeness (QED) is 0.917. The molecule has 0 radical (unpaired) electrons. The van der Waals surface area contributed by atoms with E-state index in [2.05, 4.69) is 18.7 Å². The van der Waals surface area contributed by atoms with Gasteiger partial charge >= 0.3 is 0 Å². The molecule has 0 aliphatic carbocycles. The van der Waals surface area contributed by atoms with E-state index in [9.17, 15) is 8.78 Å². The smallest absolute Gasteiger partial charge is 0.130 e. The lowest BCUT2D eigenvalue weighted by atomic mass is 9.89. The topological polar surface area (TPSA) is 29.3 Å². The van der Waals surface area contributed by atoms with Gasteiger partial charge in [0.2, 0.25) is 0 Å². The second-order valence-corrected chi connectivity index (χ2v) is 6.39. The molecule has 2 atom stereocenters. The first kappa shape index (κ1) is 16.4. The molecule has 0 bridgehead atoms. The van der Waals surface area contributed by atoms with Crippen molar-refractivity contribution in [1.82, 2.24) is 4.90 Å². The van der Waals surface area contributed by atoms with Crippen molar-refractivity contribution in [3.63, 3.8) is 0 Å². The average molecular weight is 296 g/mol.